The zero-order valence-electron chi connectivity index (χ0n) is 14.5. The van der Waals surface area contributed by atoms with Crippen LogP contribution >= 0.6 is 0 Å². The lowest BCUT2D eigenvalue weighted by molar-refractivity contribution is 0.0235. The molecule has 1 aromatic carbocycles. The molecule has 132 valence electrons. The largest absolute Gasteiger partial charge is 0.493 e. The Bertz CT molecular complexity index is 804. The van der Waals surface area contributed by atoms with Crippen molar-refractivity contribution >= 4 is 5.91 Å². The van der Waals surface area contributed by atoms with E-state index in [1.54, 1.807) is 13.0 Å². The molecule has 1 saturated carbocycles. The number of aliphatic hydroxyl groups excluding tert-OH is 1. The minimum Gasteiger partial charge on any atom is -0.493 e. The second-order valence-corrected chi connectivity index (χ2v) is 7.13. The molecule has 0 saturated heterocycles. The Morgan fingerprint density at radius 3 is 2.76 bits per heavy atom. The SMILES string of the molecule is Cc1cc(C(=O)NC(c2ccc3c(c2)CCO3)C2CC(O)C2)c(C)o1. The molecular formula is C20H23NO4. The van der Waals surface area contributed by atoms with Crippen molar-refractivity contribution in [2.75, 3.05) is 6.61 Å². The molecule has 1 aromatic heterocycles. The molecule has 5 nitrogen and oxygen atoms in total. The number of nitrogens with one attached hydrogen (secondary N) is 1. The first-order valence-electron chi connectivity index (χ1n) is 8.83. The maximum atomic E-state index is 12.8. The van der Waals surface area contributed by atoms with E-state index in [0.29, 0.717) is 30.8 Å². The van der Waals surface area contributed by atoms with E-state index in [9.17, 15) is 9.90 Å². The van der Waals surface area contributed by atoms with Crippen LogP contribution in [0.1, 0.15) is 51.9 Å². The highest BCUT2D eigenvalue weighted by Crippen LogP contribution is 2.40. The Balaban J connectivity index is 1.60. The van der Waals surface area contributed by atoms with Crippen molar-refractivity contribution in [3.63, 3.8) is 0 Å². The predicted octanol–water partition coefficient (Wildman–Crippen LogP) is 3.07. The van der Waals surface area contributed by atoms with Gasteiger partial charge >= 0.3 is 0 Å². The van der Waals surface area contributed by atoms with Gasteiger partial charge in [0.25, 0.3) is 5.91 Å². The first-order valence-corrected chi connectivity index (χ1v) is 8.83. The summed E-state index contributed by atoms with van der Waals surface area (Å²) >= 11 is 0. The second-order valence-electron chi connectivity index (χ2n) is 7.13. The minimum absolute atomic E-state index is 0.114. The molecule has 2 N–H and O–H groups in total. The van der Waals surface area contributed by atoms with Crippen molar-refractivity contribution in [1.82, 2.24) is 5.32 Å². The van der Waals surface area contributed by atoms with Gasteiger partial charge in [-0.05, 0) is 61.9 Å². The van der Waals surface area contributed by atoms with Crippen LogP contribution in [-0.2, 0) is 6.42 Å². The van der Waals surface area contributed by atoms with E-state index in [1.165, 1.54) is 5.56 Å². The van der Waals surface area contributed by atoms with Gasteiger partial charge in [0.15, 0.2) is 0 Å². The smallest absolute Gasteiger partial charge is 0.255 e. The standard InChI is InChI=1S/C20H23NO4/c1-11-7-17(12(2)25-11)20(23)21-19(15-9-16(22)10-15)14-3-4-18-13(8-14)5-6-24-18/h3-4,7-8,15-16,19,22H,5-6,9-10H2,1-2H3,(H,21,23). The highest BCUT2D eigenvalue weighted by atomic mass is 16.5. The number of aliphatic hydroxyl groups is 1. The average Bonchev–Trinajstić information content (AvgIpc) is 3.14. The monoisotopic (exact) mass is 341 g/mol. The fourth-order valence-corrected chi connectivity index (χ4v) is 3.85. The van der Waals surface area contributed by atoms with Crippen molar-refractivity contribution in [3.05, 3.63) is 52.5 Å². The highest BCUT2D eigenvalue weighted by molar-refractivity contribution is 5.95. The van der Waals surface area contributed by atoms with Gasteiger partial charge in [-0.25, -0.2) is 0 Å². The van der Waals surface area contributed by atoms with Gasteiger partial charge in [-0.15, -0.1) is 0 Å². The van der Waals surface area contributed by atoms with Gasteiger partial charge in [0, 0.05) is 6.42 Å². The van der Waals surface area contributed by atoms with Gasteiger partial charge in [0.05, 0.1) is 24.3 Å². The third kappa shape index (κ3) is 3.04. The lowest BCUT2D eigenvalue weighted by Crippen LogP contribution is -2.41. The topological polar surface area (TPSA) is 71.7 Å². The summed E-state index contributed by atoms with van der Waals surface area (Å²) in [4.78, 5) is 12.8. The summed E-state index contributed by atoms with van der Waals surface area (Å²) in [7, 11) is 0. The first kappa shape index (κ1) is 16.2. The van der Waals surface area contributed by atoms with Gasteiger partial charge in [-0.2, -0.15) is 0 Å². The number of aryl methyl sites for hydroxylation is 2. The number of furan rings is 1. The normalized spacial score (nSPS) is 22.7. The molecule has 1 fully saturated rings. The fraction of sp³-hybridized carbons (Fsp3) is 0.450. The molecule has 2 aliphatic rings. The lowest BCUT2D eigenvalue weighted by Gasteiger charge is -2.38. The van der Waals surface area contributed by atoms with Gasteiger partial charge in [0.2, 0.25) is 0 Å². The number of carbonyl (C=O) groups is 1. The van der Waals surface area contributed by atoms with Crippen LogP contribution in [0.15, 0.2) is 28.7 Å². The van der Waals surface area contributed by atoms with Crippen LogP contribution in [0.2, 0.25) is 0 Å². The van der Waals surface area contributed by atoms with E-state index in [-0.39, 0.29) is 24.0 Å². The van der Waals surface area contributed by atoms with Crippen molar-refractivity contribution in [3.8, 4) is 5.75 Å². The van der Waals surface area contributed by atoms with Crippen LogP contribution in [0.25, 0.3) is 0 Å². The fourth-order valence-electron chi connectivity index (χ4n) is 3.85. The summed E-state index contributed by atoms with van der Waals surface area (Å²) in [6.45, 7) is 4.35. The summed E-state index contributed by atoms with van der Waals surface area (Å²) in [6.07, 6.45) is 2.06. The summed E-state index contributed by atoms with van der Waals surface area (Å²) in [6, 6.07) is 7.79. The van der Waals surface area contributed by atoms with Gasteiger partial charge in [0.1, 0.15) is 17.3 Å². The zero-order valence-corrected chi connectivity index (χ0v) is 14.5. The van der Waals surface area contributed by atoms with Crippen LogP contribution in [0, 0.1) is 19.8 Å². The molecule has 1 aliphatic carbocycles. The van der Waals surface area contributed by atoms with E-state index in [4.69, 9.17) is 9.15 Å². The van der Waals surface area contributed by atoms with E-state index in [0.717, 1.165) is 23.5 Å². The highest BCUT2D eigenvalue weighted by Gasteiger charge is 2.36. The minimum atomic E-state index is -0.264. The Labute approximate surface area is 147 Å². The molecular weight excluding hydrogens is 318 g/mol. The van der Waals surface area contributed by atoms with Crippen molar-refractivity contribution < 1.29 is 19.1 Å². The molecule has 0 spiro atoms. The number of ether oxygens (including phenoxy) is 1. The maximum Gasteiger partial charge on any atom is 0.255 e. The summed E-state index contributed by atoms with van der Waals surface area (Å²) in [5.41, 5.74) is 2.84. The van der Waals surface area contributed by atoms with Crippen LogP contribution in [-0.4, -0.2) is 23.7 Å². The van der Waals surface area contributed by atoms with Crippen molar-refractivity contribution in [2.45, 2.75) is 45.3 Å². The van der Waals surface area contributed by atoms with Crippen LogP contribution in [0.4, 0.5) is 0 Å². The van der Waals surface area contributed by atoms with Crippen LogP contribution < -0.4 is 10.1 Å². The van der Waals surface area contributed by atoms with E-state index < -0.39 is 0 Å². The van der Waals surface area contributed by atoms with E-state index in [1.807, 2.05) is 19.1 Å². The zero-order chi connectivity index (χ0) is 17.6. The van der Waals surface area contributed by atoms with E-state index >= 15 is 0 Å². The quantitative estimate of drug-likeness (QED) is 0.896. The molecule has 25 heavy (non-hydrogen) atoms. The molecule has 0 radical (unpaired) electrons. The second kappa shape index (κ2) is 6.23. The number of benzene rings is 1. The molecule has 4 rings (SSSR count). The van der Waals surface area contributed by atoms with Gasteiger partial charge in [-0.3, -0.25) is 4.79 Å². The van der Waals surface area contributed by atoms with Gasteiger partial charge in [-0.1, -0.05) is 6.07 Å². The Kier molecular flexibility index (Phi) is 4.04. The molecule has 2 aromatic rings. The van der Waals surface area contributed by atoms with Gasteiger partial charge < -0.3 is 19.6 Å². The number of fused-ring (bicyclic) bond motifs is 1. The Hall–Kier alpha value is -2.27. The summed E-state index contributed by atoms with van der Waals surface area (Å²) in [5.74, 6) is 2.41. The number of amides is 1. The Morgan fingerprint density at radius 2 is 2.08 bits per heavy atom. The molecule has 1 amide bonds. The van der Waals surface area contributed by atoms with Crippen molar-refractivity contribution in [2.24, 2.45) is 5.92 Å². The Morgan fingerprint density at radius 1 is 1.28 bits per heavy atom. The molecule has 2 heterocycles. The summed E-state index contributed by atoms with van der Waals surface area (Å²) < 4.78 is 11.1. The number of carbonyl (C=O) groups excluding carboxylic acids is 1. The van der Waals surface area contributed by atoms with E-state index in [2.05, 4.69) is 11.4 Å². The predicted molar refractivity (Wildman–Crippen MR) is 92.8 cm³/mol. The molecule has 1 unspecified atom stereocenters. The third-order valence-corrected chi connectivity index (χ3v) is 5.27. The van der Waals surface area contributed by atoms with Crippen molar-refractivity contribution in [1.29, 1.82) is 0 Å². The average molecular weight is 341 g/mol. The van der Waals surface area contributed by atoms with Crippen LogP contribution in [0.3, 0.4) is 0 Å². The number of rotatable bonds is 4. The molecule has 1 atom stereocenters. The summed E-state index contributed by atoms with van der Waals surface area (Å²) in [5, 5.41) is 12.9. The maximum absolute atomic E-state index is 12.8. The first-order chi connectivity index (χ1) is 12.0. The lowest BCUT2D eigenvalue weighted by atomic mass is 9.74. The molecule has 5 heteroatoms. The molecule has 1 aliphatic heterocycles. The third-order valence-electron chi connectivity index (χ3n) is 5.27. The number of hydrogen-bond acceptors (Lipinski definition) is 4. The number of hydrogen-bond donors (Lipinski definition) is 2. The van der Waals surface area contributed by atoms with Crippen LogP contribution in [0.5, 0.6) is 5.75 Å². The molecule has 0 bridgehead atoms.